The molecule has 20 nitrogen and oxygen atoms in total. The van der Waals surface area contributed by atoms with Crippen molar-refractivity contribution in [2.75, 3.05) is 63.2 Å². The van der Waals surface area contributed by atoms with Gasteiger partial charge in [-0.15, -0.1) is 0 Å². The second kappa shape index (κ2) is 19.1. The Morgan fingerprint density at radius 2 is 1.20 bits per heavy atom. The molecule has 64 heavy (non-hydrogen) atoms. The number of primary amides is 1. The molecule has 6 heterocycles. The number of carbonyl (C=O) groups excluding carboxylic acids is 4. The maximum atomic E-state index is 13.9. The molecule has 0 spiro atoms. The van der Waals surface area contributed by atoms with E-state index < -0.39 is 17.7 Å². The lowest BCUT2D eigenvalue weighted by Gasteiger charge is -2.26. The number of amides is 4. The van der Waals surface area contributed by atoms with Crippen LogP contribution in [0.5, 0.6) is 11.5 Å². The lowest BCUT2D eigenvalue weighted by Crippen LogP contribution is -2.38. The summed E-state index contributed by atoms with van der Waals surface area (Å²) in [6.07, 6.45) is 4.93. The van der Waals surface area contributed by atoms with Gasteiger partial charge in [-0.3, -0.25) is 44.1 Å². The number of carbonyl (C=O) groups is 4. The number of hydrogen-bond donors (Lipinski definition) is 4. The third-order valence-electron chi connectivity index (χ3n) is 11.1. The molecular weight excluding hydrogens is 823 g/mol. The summed E-state index contributed by atoms with van der Waals surface area (Å²) in [5, 5.41) is 17.9. The smallest absolute Gasteiger partial charge is 0.276 e. The maximum Gasteiger partial charge on any atom is 0.276 e. The largest absolute Gasteiger partial charge is 0.491 e. The van der Waals surface area contributed by atoms with Crippen LogP contribution in [0.1, 0.15) is 79.8 Å². The number of hydrogen-bond acceptors (Lipinski definition) is 12. The van der Waals surface area contributed by atoms with Gasteiger partial charge in [0.2, 0.25) is 17.8 Å². The van der Waals surface area contributed by atoms with E-state index in [2.05, 4.69) is 31.0 Å². The molecule has 20 heteroatoms. The van der Waals surface area contributed by atoms with Crippen molar-refractivity contribution in [1.29, 1.82) is 0 Å². The monoisotopic (exact) mass is 875 g/mol. The fourth-order valence-electron chi connectivity index (χ4n) is 7.98. The molecule has 2 aliphatic rings. The Kier molecular flexibility index (Phi) is 13.0. The third kappa shape index (κ3) is 9.32. The summed E-state index contributed by atoms with van der Waals surface area (Å²) >= 11 is 0. The lowest BCUT2D eigenvalue weighted by atomic mass is 10.1. The molecule has 8 rings (SSSR count). The number of ether oxygens (including phenoxy) is 3. The Hall–Kier alpha value is -7.06. The Balaban J connectivity index is 1.15. The van der Waals surface area contributed by atoms with Crippen LogP contribution in [0.2, 0.25) is 0 Å². The minimum atomic E-state index is -0.666. The molecule has 2 aromatic carbocycles. The van der Waals surface area contributed by atoms with E-state index in [0.29, 0.717) is 101 Å². The minimum Gasteiger partial charge on any atom is -0.491 e. The van der Waals surface area contributed by atoms with Crippen LogP contribution in [0.4, 0.5) is 11.9 Å². The van der Waals surface area contributed by atoms with Gasteiger partial charge >= 0.3 is 0 Å². The number of imidazole rings is 2. The van der Waals surface area contributed by atoms with Gasteiger partial charge < -0.3 is 34.4 Å². The highest BCUT2D eigenvalue weighted by atomic mass is 16.5. The van der Waals surface area contributed by atoms with Crippen molar-refractivity contribution in [3.63, 3.8) is 0 Å². The molecule has 0 saturated carbocycles. The van der Waals surface area contributed by atoms with Crippen molar-refractivity contribution in [3.05, 3.63) is 82.5 Å². The van der Waals surface area contributed by atoms with Gasteiger partial charge in [-0.25, -0.2) is 9.97 Å². The molecule has 1 fully saturated rings. The maximum absolute atomic E-state index is 13.9. The second-order valence-electron chi connectivity index (χ2n) is 15.6. The Bertz CT molecular complexity index is 2760. The van der Waals surface area contributed by atoms with E-state index in [1.807, 2.05) is 44.4 Å². The quantitative estimate of drug-likeness (QED) is 0.101. The van der Waals surface area contributed by atoms with Gasteiger partial charge in [0, 0.05) is 63.4 Å². The number of nitrogens with one attached hydrogen (secondary N) is 3. The van der Waals surface area contributed by atoms with E-state index in [1.54, 1.807) is 50.3 Å². The highest BCUT2D eigenvalue weighted by molar-refractivity contribution is 6.05. The van der Waals surface area contributed by atoms with E-state index in [0.717, 1.165) is 26.1 Å². The molecule has 4 amide bonds. The highest BCUT2D eigenvalue weighted by Gasteiger charge is 2.25. The molecule has 0 aliphatic carbocycles. The lowest BCUT2D eigenvalue weighted by molar-refractivity contribution is 0.0374. The number of morpholine rings is 1. The average molecular weight is 876 g/mol. The molecule has 336 valence electrons. The number of nitrogens with two attached hydrogens (primary N) is 1. The van der Waals surface area contributed by atoms with Crippen molar-refractivity contribution in [1.82, 2.24) is 48.9 Å². The number of aryl methyl sites for hydroxylation is 4. The predicted molar refractivity (Wildman–Crippen MR) is 238 cm³/mol. The summed E-state index contributed by atoms with van der Waals surface area (Å²) < 4.78 is 25.1. The second-order valence-corrected chi connectivity index (χ2v) is 15.6. The van der Waals surface area contributed by atoms with Gasteiger partial charge in [-0.2, -0.15) is 10.2 Å². The van der Waals surface area contributed by atoms with E-state index in [4.69, 9.17) is 29.9 Å². The summed E-state index contributed by atoms with van der Waals surface area (Å²) in [7, 11) is 0. The molecule has 5 N–H and O–H groups in total. The molecule has 6 aromatic rings. The van der Waals surface area contributed by atoms with Crippen molar-refractivity contribution in [2.24, 2.45) is 5.73 Å². The Labute approximate surface area is 368 Å². The number of nitrogens with zero attached hydrogens (tertiary/aromatic N) is 9. The Morgan fingerprint density at radius 1 is 0.688 bits per heavy atom. The first kappa shape index (κ1) is 43.6. The van der Waals surface area contributed by atoms with Crippen LogP contribution in [-0.4, -0.2) is 120 Å². The van der Waals surface area contributed by atoms with Crippen molar-refractivity contribution in [2.45, 2.75) is 66.7 Å². The topological polar surface area (TPSA) is 233 Å². The molecule has 0 bridgehead atoms. The third-order valence-corrected chi connectivity index (χ3v) is 11.1. The van der Waals surface area contributed by atoms with Gasteiger partial charge in [-0.05, 0) is 77.1 Å². The average Bonchev–Trinajstić information content (AvgIpc) is 4.05. The Morgan fingerprint density at radius 3 is 1.72 bits per heavy atom. The van der Waals surface area contributed by atoms with Gasteiger partial charge in [0.1, 0.15) is 33.9 Å². The zero-order chi connectivity index (χ0) is 44.9. The fourth-order valence-corrected chi connectivity index (χ4v) is 7.98. The first-order valence-corrected chi connectivity index (χ1v) is 21.6. The van der Waals surface area contributed by atoms with Crippen LogP contribution in [-0.2, 0) is 30.9 Å². The van der Waals surface area contributed by atoms with Crippen molar-refractivity contribution in [3.8, 4) is 11.5 Å². The van der Waals surface area contributed by atoms with E-state index >= 15 is 0 Å². The molecule has 0 atom stereocenters. The zero-order valence-electron chi connectivity index (χ0n) is 36.5. The van der Waals surface area contributed by atoms with Crippen molar-refractivity contribution >= 4 is 57.6 Å². The SMILES string of the molecule is CCn1nc(C)cc1C(=O)Nc1nc2cc(C(N)=O)cc3c2n1C/C=C/Cn1c(NC(=O)c2cc(C)nn2CC)nc2cc(C(=O)NCCCN4CCOCC4)cc(c21)OCCCO3. The summed E-state index contributed by atoms with van der Waals surface area (Å²) in [6.45, 7) is 13.6. The van der Waals surface area contributed by atoms with Gasteiger partial charge in [0.15, 0.2) is 0 Å². The van der Waals surface area contributed by atoms with Gasteiger partial charge in [0.25, 0.3) is 17.7 Å². The molecular formula is C44H53N13O7. The molecule has 1 saturated heterocycles. The number of allylic oxidation sites excluding steroid dienone is 2. The number of benzene rings is 2. The standard InChI is InChI=1S/C44H53N13O7/c1-5-56-33(21-27(3)51-56)41(60)49-43-47-31-23-29(39(45)58)25-35-37(31)54(43)13-7-8-14-55-38-32(48-44(55)50-42(61)34-22-28(4)52-57(34)6-2)24-30(26-36(38)64-18-10-17-63-35)40(59)46-11-9-12-53-15-19-62-20-16-53/h7-8,21-26H,5-6,9-20H2,1-4H3,(H2,45,58)(H,46,59)(H,47,49,60)(H,48,50,61)/b8-7+. The first-order chi connectivity index (χ1) is 31.0. The molecule has 0 unspecified atom stereocenters. The zero-order valence-corrected chi connectivity index (χ0v) is 36.5. The summed E-state index contributed by atoms with van der Waals surface area (Å²) in [4.78, 5) is 65.8. The summed E-state index contributed by atoms with van der Waals surface area (Å²) in [5.41, 5.74) is 10.3. The highest BCUT2D eigenvalue weighted by Crippen LogP contribution is 2.34. The number of anilines is 2. The molecule has 0 radical (unpaired) electrons. The van der Waals surface area contributed by atoms with E-state index in [1.165, 1.54) is 0 Å². The minimum absolute atomic E-state index is 0.159. The van der Waals surface area contributed by atoms with Crippen molar-refractivity contribution < 1.29 is 33.4 Å². The number of aromatic nitrogens is 8. The molecule has 4 aromatic heterocycles. The number of rotatable bonds is 12. The molecule has 2 aliphatic heterocycles. The van der Waals surface area contributed by atoms with Gasteiger partial charge in [-0.1, -0.05) is 12.2 Å². The first-order valence-electron chi connectivity index (χ1n) is 21.6. The van der Waals surface area contributed by atoms with Crippen LogP contribution in [0.25, 0.3) is 22.1 Å². The van der Waals surface area contributed by atoms with E-state index in [-0.39, 0.29) is 49.7 Å². The van der Waals surface area contributed by atoms with Crippen LogP contribution in [0.3, 0.4) is 0 Å². The van der Waals surface area contributed by atoms with Crippen LogP contribution in [0.15, 0.2) is 48.6 Å². The summed E-state index contributed by atoms with van der Waals surface area (Å²) in [5.74, 6) is -0.588. The fraction of sp³-hybridized carbons (Fsp3) is 0.409. The normalized spacial score (nSPS) is 15.2. The van der Waals surface area contributed by atoms with E-state index in [9.17, 15) is 19.2 Å². The van der Waals surface area contributed by atoms with Crippen LogP contribution in [0, 0.1) is 13.8 Å². The summed E-state index contributed by atoms with van der Waals surface area (Å²) in [6, 6.07) is 9.95. The van der Waals surface area contributed by atoms with Crippen LogP contribution < -0.4 is 31.2 Å². The van der Waals surface area contributed by atoms with Gasteiger partial charge in [0.05, 0.1) is 48.8 Å². The van der Waals surface area contributed by atoms with Crippen LogP contribution >= 0.6 is 0 Å². The predicted octanol–water partition coefficient (Wildman–Crippen LogP) is 3.91.